The highest BCUT2D eigenvalue weighted by atomic mass is 32.2. The average molecular weight is 225 g/mol. The highest BCUT2D eigenvalue weighted by Gasteiger charge is 2.02. The molecule has 15 heavy (non-hydrogen) atoms. The van der Waals surface area contributed by atoms with E-state index in [1.54, 1.807) is 6.26 Å². The predicted molar refractivity (Wildman–Crippen MR) is 61.2 cm³/mol. The Bertz CT molecular complexity index is 354. The zero-order valence-electron chi connectivity index (χ0n) is 8.21. The maximum absolute atomic E-state index is 10.2. The average Bonchev–Trinajstić information content (AvgIpc) is 2.25. The number of hydrazine groups is 1. The molecule has 6 heteroatoms. The first-order chi connectivity index (χ1) is 7.22. The lowest BCUT2D eigenvalue weighted by Crippen LogP contribution is -2.26. The first kappa shape index (κ1) is 11.5. The molecule has 1 rings (SSSR count). The van der Waals surface area contributed by atoms with Crippen LogP contribution in [0.15, 0.2) is 35.3 Å². The molecular weight excluding hydrogens is 214 g/mol. The normalized spacial score (nSPS) is 11.1. The Morgan fingerprint density at radius 1 is 1.53 bits per heavy atom. The summed E-state index contributed by atoms with van der Waals surface area (Å²) in [4.78, 5) is 14.3. The minimum Gasteiger partial charge on any atom is -0.253 e. The Morgan fingerprint density at radius 2 is 2.20 bits per heavy atom. The second-order valence-corrected chi connectivity index (χ2v) is 3.47. The van der Waals surface area contributed by atoms with E-state index in [0.717, 1.165) is 5.56 Å². The Labute approximate surface area is 91.7 Å². The van der Waals surface area contributed by atoms with Gasteiger partial charge in [-0.3, -0.25) is 4.99 Å². The van der Waals surface area contributed by atoms with Crippen molar-refractivity contribution >= 4 is 16.9 Å². The van der Waals surface area contributed by atoms with Crippen LogP contribution < -0.4 is 5.43 Å². The van der Waals surface area contributed by atoms with Gasteiger partial charge >= 0.3 is 0 Å². The van der Waals surface area contributed by atoms with Crippen LogP contribution in [-0.2, 0) is 6.54 Å². The van der Waals surface area contributed by atoms with Gasteiger partial charge in [-0.2, -0.15) is 0 Å². The number of nitro groups is 1. The van der Waals surface area contributed by atoms with Crippen molar-refractivity contribution in [2.24, 2.45) is 4.99 Å². The quantitative estimate of drug-likeness (QED) is 0.368. The largest absolute Gasteiger partial charge is 0.253 e. The summed E-state index contributed by atoms with van der Waals surface area (Å²) in [5, 5.41) is 9.88. The maximum Gasteiger partial charge on any atom is 0.220 e. The van der Waals surface area contributed by atoms with E-state index >= 15 is 0 Å². The van der Waals surface area contributed by atoms with Gasteiger partial charge in [0.1, 0.15) is 0 Å². The van der Waals surface area contributed by atoms with Crippen molar-refractivity contribution in [1.29, 1.82) is 0 Å². The summed E-state index contributed by atoms with van der Waals surface area (Å²) in [5.74, 6) is 0. The third-order valence-corrected chi connectivity index (χ3v) is 2.24. The lowest BCUT2D eigenvalue weighted by atomic mass is 10.2. The van der Waals surface area contributed by atoms with E-state index in [4.69, 9.17) is 0 Å². The second-order valence-electron chi connectivity index (χ2n) is 2.68. The van der Waals surface area contributed by atoms with Crippen LogP contribution in [0.4, 0.5) is 0 Å². The summed E-state index contributed by atoms with van der Waals surface area (Å²) < 4.78 is 0. The van der Waals surface area contributed by atoms with Gasteiger partial charge in [-0.25, -0.2) is 10.1 Å². The number of hydrogen-bond acceptors (Lipinski definition) is 4. The van der Waals surface area contributed by atoms with Crippen molar-refractivity contribution < 1.29 is 5.03 Å². The van der Waals surface area contributed by atoms with Gasteiger partial charge in [0, 0.05) is 0 Å². The molecule has 0 aliphatic carbocycles. The summed E-state index contributed by atoms with van der Waals surface area (Å²) in [6.07, 6.45) is 1.74. The van der Waals surface area contributed by atoms with Crippen molar-refractivity contribution in [3.63, 3.8) is 0 Å². The molecule has 1 N–H and O–H groups in total. The van der Waals surface area contributed by atoms with Crippen LogP contribution in [0.2, 0.25) is 0 Å². The first-order valence-electron chi connectivity index (χ1n) is 4.26. The molecule has 0 fully saturated rings. The Kier molecular flexibility index (Phi) is 4.62. The maximum atomic E-state index is 10.2. The van der Waals surface area contributed by atoms with E-state index in [2.05, 4.69) is 4.99 Å². The van der Waals surface area contributed by atoms with E-state index in [0.29, 0.717) is 11.7 Å². The lowest BCUT2D eigenvalue weighted by molar-refractivity contribution is -0.524. The minimum absolute atomic E-state index is 0.309. The highest BCUT2D eigenvalue weighted by Crippen LogP contribution is 2.03. The lowest BCUT2D eigenvalue weighted by Gasteiger charge is -1.99. The van der Waals surface area contributed by atoms with Gasteiger partial charge in [0.2, 0.25) is 5.17 Å². The SMILES string of the molecule is CSC(=NCc1ccccc1)N[N+](=O)[O-]. The monoisotopic (exact) mass is 225 g/mol. The molecule has 1 aromatic carbocycles. The van der Waals surface area contributed by atoms with Crippen molar-refractivity contribution in [2.45, 2.75) is 6.54 Å². The molecular formula is C9H11N3O2S. The standard InChI is InChI=1S/C9H11N3O2S/c1-15-9(11-12(13)14)10-7-8-5-3-2-4-6-8/h2-6H,7H2,1H3,(H,10,11). The molecule has 0 saturated heterocycles. The van der Waals surface area contributed by atoms with Crippen LogP contribution in [-0.4, -0.2) is 16.5 Å². The Morgan fingerprint density at radius 3 is 2.73 bits per heavy atom. The van der Waals surface area contributed by atoms with Crippen LogP contribution in [0.3, 0.4) is 0 Å². The molecule has 0 bridgehead atoms. The van der Waals surface area contributed by atoms with E-state index in [1.165, 1.54) is 11.8 Å². The summed E-state index contributed by atoms with van der Waals surface area (Å²) in [6, 6.07) is 9.58. The van der Waals surface area contributed by atoms with Gasteiger partial charge in [0.15, 0.2) is 5.03 Å². The predicted octanol–water partition coefficient (Wildman–Crippen LogP) is 1.69. The minimum atomic E-state index is -0.611. The zero-order chi connectivity index (χ0) is 11.1. The van der Waals surface area contributed by atoms with Crippen LogP contribution >= 0.6 is 11.8 Å². The number of rotatable bonds is 3. The molecule has 0 unspecified atom stereocenters. The molecule has 0 amide bonds. The van der Waals surface area contributed by atoms with Crippen molar-refractivity contribution in [3.8, 4) is 0 Å². The number of nitrogens with zero attached hydrogens (tertiary/aromatic N) is 2. The van der Waals surface area contributed by atoms with Gasteiger partial charge < -0.3 is 0 Å². The number of thioether (sulfide) groups is 1. The fourth-order valence-corrected chi connectivity index (χ4v) is 1.33. The van der Waals surface area contributed by atoms with E-state index in [-0.39, 0.29) is 0 Å². The fraction of sp³-hybridized carbons (Fsp3) is 0.222. The summed E-state index contributed by atoms with van der Waals surface area (Å²) in [7, 11) is 0. The first-order valence-corrected chi connectivity index (χ1v) is 5.48. The third kappa shape index (κ3) is 4.46. The zero-order valence-corrected chi connectivity index (χ0v) is 9.03. The number of aliphatic imine (C=N–C) groups is 1. The molecule has 0 aliphatic heterocycles. The Balaban J connectivity index is 2.58. The second kappa shape index (κ2) is 6.02. The molecule has 0 spiro atoms. The molecule has 0 radical (unpaired) electrons. The van der Waals surface area contributed by atoms with E-state index < -0.39 is 5.03 Å². The smallest absolute Gasteiger partial charge is 0.220 e. The van der Waals surface area contributed by atoms with Gasteiger partial charge in [-0.05, 0) is 11.8 Å². The van der Waals surface area contributed by atoms with Crippen LogP contribution in [0.25, 0.3) is 0 Å². The molecule has 5 nitrogen and oxygen atoms in total. The number of amidine groups is 1. The number of benzene rings is 1. The van der Waals surface area contributed by atoms with Gasteiger partial charge in [-0.1, -0.05) is 47.5 Å². The van der Waals surface area contributed by atoms with Crippen molar-refractivity contribution in [2.75, 3.05) is 6.26 Å². The van der Waals surface area contributed by atoms with E-state index in [9.17, 15) is 10.1 Å². The molecule has 0 aliphatic rings. The molecule has 0 aromatic heterocycles. The van der Waals surface area contributed by atoms with Crippen LogP contribution in [0, 0.1) is 10.1 Å². The topological polar surface area (TPSA) is 67.5 Å². The number of nitrogens with one attached hydrogen (secondary N) is 1. The third-order valence-electron chi connectivity index (χ3n) is 1.63. The van der Waals surface area contributed by atoms with Gasteiger partial charge in [-0.15, -0.1) is 0 Å². The molecule has 0 heterocycles. The number of hydrogen-bond donors (Lipinski definition) is 1. The molecule has 0 saturated carbocycles. The van der Waals surface area contributed by atoms with E-state index in [1.807, 2.05) is 35.8 Å². The van der Waals surface area contributed by atoms with Crippen molar-refractivity contribution in [1.82, 2.24) is 5.43 Å². The summed E-state index contributed by atoms with van der Waals surface area (Å²) in [6.45, 7) is 0.442. The van der Waals surface area contributed by atoms with Gasteiger partial charge in [0.05, 0.1) is 6.54 Å². The molecule has 0 atom stereocenters. The van der Waals surface area contributed by atoms with Gasteiger partial charge in [0.25, 0.3) is 0 Å². The Hall–Kier alpha value is -1.56. The summed E-state index contributed by atoms with van der Waals surface area (Å²) >= 11 is 1.21. The summed E-state index contributed by atoms with van der Waals surface area (Å²) in [5.41, 5.74) is 3.06. The fourth-order valence-electron chi connectivity index (χ4n) is 0.970. The van der Waals surface area contributed by atoms with Crippen LogP contribution in [0.1, 0.15) is 5.56 Å². The molecule has 80 valence electrons. The van der Waals surface area contributed by atoms with Crippen LogP contribution in [0.5, 0.6) is 0 Å². The highest BCUT2D eigenvalue weighted by molar-refractivity contribution is 8.13. The van der Waals surface area contributed by atoms with Crippen molar-refractivity contribution in [3.05, 3.63) is 46.0 Å². The molecule has 1 aromatic rings.